The fraction of sp³-hybridized carbons (Fsp3) is 0.286. The molecule has 0 spiro atoms. The smallest absolute Gasteiger partial charge is 0.285 e. The summed E-state index contributed by atoms with van der Waals surface area (Å²) in [4.78, 5) is 0.175. The van der Waals surface area contributed by atoms with Crippen LogP contribution in [0.25, 0.3) is 6.08 Å². The van der Waals surface area contributed by atoms with E-state index in [0.717, 1.165) is 40.9 Å². The third-order valence-electron chi connectivity index (χ3n) is 4.25. The number of hydrogen-bond acceptors (Lipinski definition) is 3. The number of hydrogen-bond donors (Lipinski definition) is 0. The molecule has 0 bridgehead atoms. The Morgan fingerprint density at radius 2 is 1.73 bits per heavy atom. The van der Waals surface area contributed by atoms with Gasteiger partial charge in [-0.15, -0.1) is 4.40 Å². The number of aryl methyl sites for hydroxylation is 2. The van der Waals surface area contributed by atoms with Crippen LogP contribution in [-0.2, 0) is 21.2 Å². The van der Waals surface area contributed by atoms with E-state index in [1.54, 1.807) is 24.3 Å². The van der Waals surface area contributed by atoms with Gasteiger partial charge < -0.3 is 4.74 Å². The number of sulfonamides is 1. The minimum atomic E-state index is -3.81. The number of nitrogens with zero attached hydrogens (tertiary/aromatic N) is 1. The summed E-state index contributed by atoms with van der Waals surface area (Å²) in [6, 6.07) is 12.8. The average Bonchev–Trinajstić information content (AvgIpc) is 2.73. The second-order valence-electron chi connectivity index (χ2n) is 6.61. The predicted octanol–water partition coefficient (Wildman–Crippen LogP) is 4.80. The highest BCUT2D eigenvalue weighted by Gasteiger charge is 2.20. The van der Waals surface area contributed by atoms with Gasteiger partial charge >= 0.3 is 0 Å². The van der Waals surface area contributed by atoms with Crippen molar-refractivity contribution in [1.82, 2.24) is 0 Å². The highest BCUT2D eigenvalue weighted by atomic mass is 32.2. The van der Waals surface area contributed by atoms with Gasteiger partial charge in [-0.1, -0.05) is 48.4 Å². The monoisotopic (exact) mass is 369 g/mol. The molecule has 1 aliphatic heterocycles. The molecule has 0 amide bonds. The SMILES string of the molecule is CCCC1=Cc2cc(C)ccc2C/C(=N\S(=O)(=O)c2ccc(C)cc2)O1. The molecule has 0 N–H and O–H groups in total. The molecule has 26 heavy (non-hydrogen) atoms. The highest BCUT2D eigenvalue weighted by Crippen LogP contribution is 2.25. The largest absolute Gasteiger partial charge is 0.446 e. The van der Waals surface area contributed by atoms with Crippen LogP contribution >= 0.6 is 0 Å². The average molecular weight is 369 g/mol. The Morgan fingerprint density at radius 3 is 2.42 bits per heavy atom. The van der Waals surface area contributed by atoms with E-state index in [-0.39, 0.29) is 10.8 Å². The topological polar surface area (TPSA) is 55.7 Å². The zero-order valence-corrected chi connectivity index (χ0v) is 16.1. The molecular formula is C21H23NO3S. The first kappa shape index (κ1) is 18.4. The Hall–Kier alpha value is -2.40. The summed E-state index contributed by atoms with van der Waals surface area (Å²) < 4.78 is 35.2. The fourth-order valence-corrected chi connectivity index (χ4v) is 3.84. The summed E-state index contributed by atoms with van der Waals surface area (Å²) in [6.07, 6.45) is 3.99. The van der Waals surface area contributed by atoms with Gasteiger partial charge in [0.05, 0.1) is 11.3 Å². The minimum absolute atomic E-state index is 0.175. The van der Waals surface area contributed by atoms with E-state index >= 15 is 0 Å². The van der Waals surface area contributed by atoms with Crippen molar-refractivity contribution in [1.29, 1.82) is 0 Å². The van der Waals surface area contributed by atoms with Gasteiger partial charge in [-0.25, -0.2) is 0 Å². The second-order valence-corrected chi connectivity index (χ2v) is 8.22. The van der Waals surface area contributed by atoms with E-state index in [1.807, 2.05) is 32.1 Å². The molecule has 0 saturated heterocycles. The molecule has 2 aromatic rings. The van der Waals surface area contributed by atoms with Gasteiger partial charge in [-0.05, 0) is 49.6 Å². The fourth-order valence-electron chi connectivity index (χ4n) is 2.88. The molecular weight excluding hydrogens is 346 g/mol. The van der Waals surface area contributed by atoms with Crippen LogP contribution in [0.3, 0.4) is 0 Å². The Labute approximate surface area is 155 Å². The third-order valence-corrected chi connectivity index (χ3v) is 5.56. The summed E-state index contributed by atoms with van der Waals surface area (Å²) in [5.74, 6) is 0.961. The highest BCUT2D eigenvalue weighted by molar-refractivity contribution is 7.90. The lowest BCUT2D eigenvalue weighted by atomic mass is 10.0. The maximum atomic E-state index is 12.7. The van der Waals surface area contributed by atoms with Crippen molar-refractivity contribution in [2.24, 2.45) is 4.40 Å². The van der Waals surface area contributed by atoms with Crippen molar-refractivity contribution in [3.05, 3.63) is 70.5 Å². The van der Waals surface area contributed by atoms with E-state index in [4.69, 9.17) is 4.74 Å². The Bertz CT molecular complexity index is 971. The van der Waals surface area contributed by atoms with Gasteiger partial charge in [0.15, 0.2) is 0 Å². The molecule has 5 heteroatoms. The van der Waals surface area contributed by atoms with Crippen LogP contribution in [0, 0.1) is 13.8 Å². The predicted molar refractivity (Wildman–Crippen MR) is 105 cm³/mol. The Balaban J connectivity index is 2.01. The van der Waals surface area contributed by atoms with Crippen molar-refractivity contribution in [2.45, 2.75) is 44.9 Å². The van der Waals surface area contributed by atoms with E-state index in [2.05, 4.69) is 17.4 Å². The van der Waals surface area contributed by atoms with Crippen LogP contribution in [0.2, 0.25) is 0 Å². The molecule has 0 fully saturated rings. The molecule has 1 aliphatic rings. The summed E-state index contributed by atoms with van der Waals surface area (Å²) in [6.45, 7) is 6.01. The Kier molecular flexibility index (Phi) is 5.28. The van der Waals surface area contributed by atoms with Crippen LogP contribution in [0.15, 0.2) is 57.5 Å². The van der Waals surface area contributed by atoms with Crippen LogP contribution < -0.4 is 0 Å². The van der Waals surface area contributed by atoms with E-state index in [0.29, 0.717) is 6.42 Å². The summed E-state index contributed by atoms with van der Waals surface area (Å²) in [5.41, 5.74) is 4.23. The lowest BCUT2D eigenvalue weighted by Crippen LogP contribution is -2.11. The zero-order valence-electron chi connectivity index (χ0n) is 15.3. The molecule has 0 unspecified atom stereocenters. The van der Waals surface area contributed by atoms with Crippen LogP contribution in [-0.4, -0.2) is 14.3 Å². The van der Waals surface area contributed by atoms with Gasteiger partial charge in [-0.2, -0.15) is 8.42 Å². The molecule has 0 aromatic heterocycles. The zero-order chi connectivity index (χ0) is 18.7. The summed E-state index contributed by atoms with van der Waals surface area (Å²) in [7, 11) is -3.81. The minimum Gasteiger partial charge on any atom is -0.446 e. The molecule has 2 aromatic carbocycles. The van der Waals surface area contributed by atoms with Gasteiger partial charge in [0, 0.05) is 6.42 Å². The number of allylic oxidation sites excluding steroid dienone is 1. The molecule has 0 aliphatic carbocycles. The second kappa shape index (κ2) is 7.46. The summed E-state index contributed by atoms with van der Waals surface area (Å²) >= 11 is 0. The maximum Gasteiger partial charge on any atom is 0.285 e. The standard InChI is InChI=1S/C21H23NO3S/c1-4-5-19-13-18-12-16(3)6-9-17(18)14-21(25-19)22-26(23,24)20-10-7-15(2)8-11-20/h6-13H,4-5,14H2,1-3H3/b22-21+. The van der Waals surface area contributed by atoms with Crippen molar-refractivity contribution < 1.29 is 13.2 Å². The maximum absolute atomic E-state index is 12.7. The molecule has 4 nitrogen and oxygen atoms in total. The van der Waals surface area contributed by atoms with Gasteiger partial charge in [0.25, 0.3) is 10.0 Å². The van der Waals surface area contributed by atoms with Gasteiger partial charge in [-0.3, -0.25) is 0 Å². The van der Waals surface area contributed by atoms with Crippen molar-refractivity contribution in [2.75, 3.05) is 0 Å². The van der Waals surface area contributed by atoms with Crippen LogP contribution in [0.5, 0.6) is 0 Å². The first-order chi connectivity index (χ1) is 12.4. The number of ether oxygens (including phenoxy) is 1. The number of fused-ring (bicyclic) bond motifs is 1. The van der Waals surface area contributed by atoms with E-state index in [9.17, 15) is 8.42 Å². The lowest BCUT2D eigenvalue weighted by molar-refractivity contribution is 0.391. The van der Waals surface area contributed by atoms with Crippen molar-refractivity contribution in [3.8, 4) is 0 Å². The Morgan fingerprint density at radius 1 is 1.04 bits per heavy atom. The lowest BCUT2D eigenvalue weighted by Gasteiger charge is -2.09. The van der Waals surface area contributed by atoms with E-state index in [1.165, 1.54) is 0 Å². The van der Waals surface area contributed by atoms with Crippen LogP contribution in [0.4, 0.5) is 0 Å². The van der Waals surface area contributed by atoms with Crippen LogP contribution in [0.1, 0.15) is 42.0 Å². The quantitative estimate of drug-likeness (QED) is 0.777. The van der Waals surface area contributed by atoms with Crippen molar-refractivity contribution in [3.63, 3.8) is 0 Å². The normalized spacial score (nSPS) is 15.8. The first-order valence-electron chi connectivity index (χ1n) is 8.76. The van der Waals surface area contributed by atoms with Gasteiger partial charge in [0.1, 0.15) is 5.76 Å². The summed E-state index contributed by atoms with van der Waals surface area (Å²) in [5, 5.41) is 0. The molecule has 0 radical (unpaired) electrons. The first-order valence-corrected chi connectivity index (χ1v) is 10.2. The van der Waals surface area contributed by atoms with Gasteiger partial charge in [0.2, 0.25) is 5.90 Å². The molecule has 0 atom stereocenters. The molecule has 3 rings (SSSR count). The number of benzene rings is 2. The van der Waals surface area contributed by atoms with E-state index < -0.39 is 10.0 Å². The third kappa shape index (κ3) is 4.22. The molecule has 136 valence electrons. The molecule has 0 saturated carbocycles. The van der Waals surface area contributed by atoms with Crippen molar-refractivity contribution >= 4 is 22.0 Å². The molecule has 1 heterocycles. The number of rotatable bonds is 4.